The first-order valence-electron chi connectivity index (χ1n) is 3.44. The lowest BCUT2D eigenvalue weighted by Gasteiger charge is -2.24. The van der Waals surface area contributed by atoms with Crippen molar-refractivity contribution in [3.8, 4) is 0 Å². The Hall–Kier alpha value is 0.01000. The molecule has 0 radical (unpaired) electrons. The second kappa shape index (κ2) is 4.77. The van der Waals surface area contributed by atoms with Crippen molar-refractivity contribution in [2.45, 2.75) is 26.3 Å². The molecule has 0 aromatic heterocycles. The van der Waals surface area contributed by atoms with E-state index in [-0.39, 0.29) is 0 Å². The quantitative estimate of drug-likeness (QED) is 0.369. The monoisotopic (exact) mass is 160 g/mol. The molecule has 1 unspecified atom stereocenters. The van der Waals surface area contributed by atoms with E-state index in [1.807, 2.05) is 14.0 Å². The van der Waals surface area contributed by atoms with Crippen molar-refractivity contribution in [1.29, 1.82) is 0 Å². The van der Waals surface area contributed by atoms with Crippen LogP contribution in [0.2, 0.25) is 0 Å². The van der Waals surface area contributed by atoms with Crippen LogP contribution in [0.1, 0.15) is 20.3 Å². The molecule has 0 saturated carbocycles. The van der Waals surface area contributed by atoms with Crippen LogP contribution in [0.5, 0.6) is 0 Å². The highest BCUT2D eigenvalue weighted by Gasteiger charge is 2.11. The van der Waals surface area contributed by atoms with Crippen LogP contribution in [0.25, 0.3) is 0 Å². The first-order valence-corrected chi connectivity index (χ1v) is 3.84. The minimum atomic E-state index is 0.327. The maximum Gasteiger partial charge on any atom is 0.0555 e. The van der Waals surface area contributed by atoms with E-state index in [1.54, 1.807) is 4.41 Å². The van der Waals surface area contributed by atoms with E-state index in [9.17, 15) is 0 Å². The highest BCUT2D eigenvalue weighted by atomic mass is 32.1. The van der Waals surface area contributed by atoms with Gasteiger partial charge in [-0.05, 0) is 20.4 Å². The van der Waals surface area contributed by atoms with Gasteiger partial charge < -0.3 is 0 Å². The molecule has 0 aliphatic carbocycles. The van der Waals surface area contributed by atoms with Gasteiger partial charge in [-0.25, -0.2) is 5.43 Å². The zero-order valence-corrected chi connectivity index (χ0v) is 7.78. The Morgan fingerprint density at radius 2 is 2.30 bits per heavy atom. The highest BCUT2D eigenvalue weighted by Crippen LogP contribution is 2.11. The van der Waals surface area contributed by atoms with Gasteiger partial charge in [-0.15, -0.1) is 0 Å². The largest absolute Gasteiger partial charge is 0.248 e. The van der Waals surface area contributed by atoms with E-state index < -0.39 is 0 Å². The molecule has 0 spiro atoms. The summed E-state index contributed by atoms with van der Waals surface area (Å²) in [6, 6.07) is 0.327. The van der Waals surface area contributed by atoms with Crippen molar-refractivity contribution in [3.63, 3.8) is 0 Å². The molecule has 2 nitrogen and oxygen atoms in total. The second-order valence-electron chi connectivity index (χ2n) is 2.34. The van der Waals surface area contributed by atoms with E-state index in [2.05, 4.69) is 31.7 Å². The fourth-order valence-electron chi connectivity index (χ4n) is 0.886. The predicted molar refractivity (Wildman–Crippen MR) is 48.8 cm³/mol. The summed E-state index contributed by atoms with van der Waals surface area (Å²) < 4.78 is 1.77. The van der Waals surface area contributed by atoms with Crippen molar-refractivity contribution < 1.29 is 0 Å². The standard InChI is InChI=1S/C7H16N2S/c1-5-7(6(2)3)9(10)8-4/h7-8,10H,2,5H2,1,3-4H3. The predicted octanol–water partition coefficient (Wildman–Crippen LogP) is 1.62. The number of hydrogen-bond donors (Lipinski definition) is 2. The van der Waals surface area contributed by atoms with E-state index in [0.29, 0.717) is 6.04 Å². The molecule has 0 aromatic rings. The van der Waals surface area contributed by atoms with Gasteiger partial charge >= 0.3 is 0 Å². The Balaban J connectivity index is 3.92. The van der Waals surface area contributed by atoms with Crippen LogP contribution in [0.15, 0.2) is 12.2 Å². The lowest BCUT2D eigenvalue weighted by Crippen LogP contribution is -2.36. The van der Waals surface area contributed by atoms with Crippen molar-refractivity contribution in [3.05, 3.63) is 12.2 Å². The zero-order valence-electron chi connectivity index (χ0n) is 6.89. The normalized spacial score (nSPS) is 13.7. The molecule has 60 valence electrons. The fourth-order valence-corrected chi connectivity index (χ4v) is 1.25. The molecule has 3 heteroatoms. The van der Waals surface area contributed by atoms with Gasteiger partial charge in [0.2, 0.25) is 0 Å². The molecule has 0 aromatic carbocycles. The molecule has 0 aliphatic heterocycles. The lowest BCUT2D eigenvalue weighted by molar-refractivity contribution is 0.319. The van der Waals surface area contributed by atoms with Crippen LogP contribution in [-0.4, -0.2) is 17.5 Å². The summed E-state index contributed by atoms with van der Waals surface area (Å²) in [6.07, 6.45) is 1.03. The Morgan fingerprint density at radius 1 is 1.80 bits per heavy atom. The highest BCUT2D eigenvalue weighted by molar-refractivity contribution is 7.77. The summed E-state index contributed by atoms with van der Waals surface area (Å²) in [7, 11) is 1.85. The van der Waals surface area contributed by atoms with Gasteiger partial charge in [0.25, 0.3) is 0 Å². The van der Waals surface area contributed by atoms with E-state index in [0.717, 1.165) is 12.0 Å². The number of nitrogens with one attached hydrogen (secondary N) is 1. The molecule has 10 heavy (non-hydrogen) atoms. The number of hydrazine groups is 1. The summed E-state index contributed by atoms with van der Waals surface area (Å²) in [4.78, 5) is 0. The van der Waals surface area contributed by atoms with Crippen LogP contribution < -0.4 is 5.43 Å². The third-order valence-corrected chi connectivity index (χ3v) is 1.96. The van der Waals surface area contributed by atoms with Gasteiger partial charge in [0.05, 0.1) is 6.04 Å². The first-order chi connectivity index (χ1) is 4.63. The number of nitrogens with zero attached hydrogens (tertiary/aromatic N) is 1. The first kappa shape index (κ1) is 10.0. The number of thiol groups is 1. The molecule has 1 N–H and O–H groups in total. The molecular weight excluding hydrogens is 144 g/mol. The second-order valence-corrected chi connectivity index (χ2v) is 2.77. The van der Waals surface area contributed by atoms with Gasteiger partial charge in [-0.3, -0.25) is 0 Å². The van der Waals surface area contributed by atoms with Crippen LogP contribution >= 0.6 is 12.8 Å². The van der Waals surface area contributed by atoms with Gasteiger partial charge in [-0.2, -0.15) is 4.41 Å². The third-order valence-electron chi connectivity index (χ3n) is 1.48. The van der Waals surface area contributed by atoms with E-state index in [1.165, 1.54) is 0 Å². The average molecular weight is 160 g/mol. The van der Waals surface area contributed by atoms with Crippen LogP contribution in [-0.2, 0) is 0 Å². The zero-order chi connectivity index (χ0) is 8.15. The fraction of sp³-hybridized carbons (Fsp3) is 0.714. The number of rotatable bonds is 4. The Labute approximate surface area is 68.8 Å². The van der Waals surface area contributed by atoms with Crippen molar-refractivity contribution >= 4 is 12.8 Å². The average Bonchev–Trinajstić information content (AvgIpc) is 1.88. The molecule has 0 heterocycles. The summed E-state index contributed by atoms with van der Waals surface area (Å²) >= 11 is 4.21. The molecule has 0 bridgehead atoms. The topological polar surface area (TPSA) is 15.3 Å². The van der Waals surface area contributed by atoms with Crippen molar-refractivity contribution in [1.82, 2.24) is 9.84 Å². The van der Waals surface area contributed by atoms with E-state index in [4.69, 9.17) is 0 Å². The smallest absolute Gasteiger partial charge is 0.0555 e. The van der Waals surface area contributed by atoms with Gasteiger partial charge in [0.15, 0.2) is 0 Å². The minimum Gasteiger partial charge on any atom is -0.248 e. The summed E-state index contributed by atoms with van der Waals surface area (Å²) in [5.41, 5.74) is 4.07. The Morgan fingerprint density at radius 3 is 2.40 bits per heavy atom. The molecule has 0 aliphatic rings. The molecule has 0 fully saturated rings. The minimum absolute atomic E-state index is 0.327. The SMILES string of the molecule is C=C(C)C(CC)N(S)NC. The molecule has 0 saturated heterocycles. The van der Waals surface area contributed by atoms with Crippen molar-refractivity contribution in [2.24, 2.45) is 0 Å². The third kappa shape index (κ3) is 2.73. The summed E-state index contributed by atoms with van der Waals surface area (Å²) in [5, 5.41) is 0. The van der Waals surface area contributed by atoms with Crippen LogP contribution in [0, 0.1) is 0 Å². The molecular formula is C7H16N2S. The molecule has 0 amide bonds. The van der Waals surface area contributed by atoms with Gasteiger partial charge in [0.1, 0.15) is 0 Å². The van der Waals surface area contributed by atoms with Crippen LogP contribution in [0.4, 0.5) is 0 Å². The molecule has 1 atom stereocenters. The Kier molecular flexibility index (Phi) is 4.77. The molecule has 0 rings (SSSR count). The van der Waals surface area contributed by atoms with Crippen LogP contribution in [0.3, 0.4) is 0 Å². The maximum absolute atomic E-state index is 4.21. The maximum atomic E-state index is 4.21. The number of hydrogen-bond acceptors (Lipinski definition) is 3. The summed E-state index contributed by atoms with van der Waals surface area (Å²) in [6.45, 7) is 7.98. The van der Waals surface area contributed by atoms with Gasteiger partial charge in [0, 0.05) is 0 Å². The summed E-state index contributed by atoms with van der Waals surface area (Å²) in [5.74, 6) is 0. The van der Waals surface area contributed by atoms with Gasteiger partial charge in [-0.1, -0.05) is 31.9 Å². The van der Waals surface area contributed by atoms with E-state index >= 15 is 0 Å². The lowest BCUT2D eigenvalue weighted by atomic mass is 10.1. The van der Waals surface area contributed by atoms with Crippen molar-refractivity contribution in [2.75, 3.05) is 7.05 Å². The Bertz CT molecular complexity index is 114.